The summed E-state index contributed by atoms with van der Waals surface area (Å²) in [4.78, 5) is 13.8. The summed E-state index contributed by atoms with van der Waals surface area (Å²) in [6, 6.07) is 0. The minimum absolute atomic E-state index is 0.176. The van der Waals surface area contributed by atoms with Crippen LogP contribution in [0.2, 0.25) is 0 Å². The zero-order chi connectivity index (χ0) is 22.4. The number of nitrogens with two attached hydrogens (primary N) is 2. The molecule has 0 heterocycles. The molecule has 0 bridgehead atoms. The number of ether oxygens (including phenoxy) is 2. The quantitative estimate of drug-likeness (QED) is 0.637. The van der Waals surface area contributed by atoms with Gasteiger partial charge in [-0.2, -0.15) is 0 Å². The average molecular weight is 435 g/mol. The maximum atomic E-state index is 13.8. The van der Waals surface area contributed by atoms with E-state index in [0.29, 0.717) is 73.7 Å². The first-order chi connectivity index (χ1) is 14.8. The Hall–Kier alpha value is -0.490. The highest BCUT2D eigenvalue weighted by Crippen LogP contribution is 2.67. The van der Waals surface area contributed by atoms with Crippen molar-refractivity contribution < 1.29 is 14.3 Å². The minimum atomic E-state index is -0.176. The van der Waals surface area contributed by atoms with E-state index in [-0.39, 0.29) is 16.9 Å². The van der Waals surface area contributed by atoms with E-state index in [1.54, 1.807) is 0 Å². The molecule has 0 radical (unpaired) electrons. The third-order valence-corrected chi connectivity index (χ3v) is 10.3. The maximum Gasteiger partial charge on any atom is 0.139 e. The monoisotopic (exact) mass is 434 g/mol. The van der Waals surface area contributed by atoms with Gasteiger partial charge in [-0.1, -0.05) is 27.7 Å². The molecular weight excluding hydrogens is 388 g/mol. The van der Waals surface area contributed by atoms with Crippen LogP contribution in [0.1, 0.15) is 72.6 Å². The Kier molecular flexibility index (Phi) is 6.90. The zero-order valence-electron chi connectivity index (χ0n) is 20.3. The fraction of sp³-hybridized carbons (Fsp3) is 0.962. The number of carbonyl (C=O) groups excluding carboxylic acids is 1. The molecule has 4 aliphatic rings. The number of ketones is 1. The SMILES string of the molecule is CC(C)[C@H]1CC[C@H]2C3[C@H](OCCN)CC4CC(OCCN)CC[C@]4(C)[C@H]3CC(=O)[C@]12C. The van der Waals surface area contributed by atoms with E-state index in [2.05, 4.69) is 27.7 Å². The first-order valence-electron chi connectivity index (χ1n) is 12.9. The van der Waals surface area contributed by atoms with Gasteiger partial charge in [-0.15, -0.1) is 0 Å². The molecule has 4 fully saturated rings. The molecule has 4 saturated carbocycles. The summed E-state index contributed by atoms with van der Waals surface area (Å²) in [5.74, 6) is 3.52. The molecule has 178 valence electrons. The van der Waals surface area contributed by atoms with Crippen molar-refractivity contribution in [3.05, 3.63) is 0 Å². The van der Waals surface area contributed by atoms with Crippen LogP contribution in [-0.2, 0) is 14.3 Å². The topological polar surface area (TPSA) is 87.6 Å². The lowest BCUT2D eigenvalue weighted by Gasteiger charge is -2.62. The van der Waals surface area contributed by atoms with Gasteiger partial charge in [-0.25, -0.2) is 0 Å². The van der Waals surface area contributed by atoms with Gasteiger partial charge in [-0.3, -0.25) is 4.79 Å². The van der Waals surface area contributed by atoms with Gasteiger partial charge < -0.3 is 20.9 Å². The summed E-state index contributed by atoms with van der Waals surface area (Å²) >= 11 is 0. The van der Waals surface area contributed by atoms with Gasteiger partial charge in [0.1, 0.15) is 5.78 Å². The Labute approximate surface area is 189 Å². The van der Waals surface area contributed by atoms with Gasteiger partial charge in [0.05, 0.1) is 25.4 Å². The molecule has 4 rings (SSSR count). The molecule has 0 aromatic heterocycles. The van der Waals surface area contributed by atoms with E-state index in [0.717, 1.165) is 32.1 Å². The third-order valence-electron chi connectivity index (χ3n) is 10.3. The van der Waals surface area contributed by atoms with Gasteiger partial charge in [-0.05, 0) is 79.4 Å². The zero-order valence-corrected chi connectivity index (χ0v) is 20.3. The van der Waals surface area contributed by atoms with Crippen LogP contribution in [0.5, 0.6) is 0 Å². The number of carbonyl (C=O) groups is 1. The number of Topliss-reactive ketones (excluding diaryl/α,β-unsaturated/α-hetero) is 1. The van der Waals surface area contributed by atoms with Crippen molar-refractivity contribution in [2.75, 3.05) is 26.3 Å². The van der Waals surface area contributed by atoms with Crippen LogP contribution in [-0.4, -0.2) is 44.3 Å². The molecule has 4 N–H and O–H groups in total. The summed E-state index contributed by atoms with van der Waals surface area (Å²) < 4.78 is 12.6. The lowest BCUT2D eigenvalue weighted by molar-refractivity contribution is -0.192. The van der Waals surface area contributed by atoms with Crippen LogP contribution >= 0.6 is 0 Å². The molecule has 0 aromatic carbocycles. The third kappa shape index (κ3) is 3.82. The van der Waals surface area contributed by atoms with Crippen molar-refractivity contribution in [2.45, 2.75) is 84.8 Å². The molecule has 0 aromatic rings. The molecule has 5 nitrogen and oxygen atoms in total. The van der Waals surface area contributed by atoms with Gasteiger partial charge in [0.15, 0.2) is 0 Å². The molecule has 0 aliphatic heterocycles. The molecule has 31 heavy (non-hydrogen) atoms. The standard InChI is InChI=1S/C26H46N2O3/c1-16(2)19-5-6-20-24-21(15-23(29)26(19,20)4)25(3)8-7-18(30-11-9-27)13-17(25)14-22(24)31-12-10-28/h16-22,24H,5-15,27-28H2,1-4H3/t17?,18?,19-,20+,21+,22-,24?,25+,26-/m1/s1. The summed E-state index contributed by atoms with van der Waals surface area (Å²) in [6.45, 7) is 11.8. The molecular formula is C26H46N2O3. The van der Waals surface area contributed by atoms with Crippen molar-refractivity contribution in [2.24, 2.45) is 57.8 Å². The number of hydrogen-bond acceptors (Lipinski definition) is 5. The Balaban J connectivity index is 1.65. The number of hydrogen-bond donors (Lipinski definition) is 2. The predicted molar refractivity (Wildman–Crippen MR) is 123 cm³/mol. The van der Waals surface area contributed by atoms with Crippen molar-refractivity contribution in [3.8, 4) is 0 Å². The molecule has 9 atom stereocenters. The van der Waals surface area contributed by atoms with Crippen molar-refractivity contribution in [1.82, 2.24) is 0 Å². The predicted octanol–water partition coefficient (Wildman–Crippen LogP) is 3.78. The summed E-state index contributed by atoms with van der Waals surface area (Å²) in [7, 11) is 0. The Bertz CT molecular complexity index is 655. The summed E-state index contributed by atoms with van der Waals surface area (Å²) in [5.41, 5.74) is 11.6. The van der Waals surface area contributed by atoms with E-state index < -0.39 is 0 Å². The fourth-order valence-electron chi connectivity index (χ4n) is 8.75. The van der Waals surface area contributed by atoms with Crippen LogP contribution in [0, 0.1) is 46.3 Å². The smallest absolute Gasteiger partial charge is 0.139 e. The summed E-state index contributed by atoms with van der Waals surface area (Å²) in [5, 5.41) is 0. The largest absolute Gasteiger partial charge is 0.377 e. The number of rotatable bonds is 7. The lowest BCUT2D eigenvalue weighted by atomic mass is 9.43. The fourth-order valence-corrected chi connectivity index (χ4v) is 8.75. The second-order valence-corrected chi connectivity index (χ2v) is 11.8. The Morgan fingerprint density at radius 2 is 1.71 bits per heavy atom. The Morgan fingerprint density at radius 1 is 1.00 bits per heavy atom. The highest BCUT2D eigenvalue weighted by atomic mass is 16.5. The highest BCUT2D eigenvalue weighted by molar-refractivity contribution is 5.87. The maximum absolute atomic E-state index is 13.8. The van der Waals surface area contributed by atoms with E-state index >= 15 is 0 Å². The molecule has 0 saturated heterocycles. The van der Waals surface area contributed by atoms with E-state index in [4.69, 9.17) is 20.9 Å². The molecule has 4 aliphatic carbocycles. The van der Waals surface area contributed by atoms with Crippen LogP contribution in [0.25, 0.3) is 0 Å². The van der Waals surface area contributed by atoms with E-state index in [1.807, 2.05) is 0 Å². The molecule has 0 amide bonds. The van der Waals surface area contributed by atoms with Gasteiger partial charge in [0, 0.05) is 24.9 Å². The van der Waals surface area contributed by atoms with Gasteiger partial charge in [0.25, 0.3) is 0 Å². The van der Waals surface area contributed by atoms with Crippen LogP contribution in [0.15, 0.2) is 0 Å². The molecule has 0 spiro atoms. The second-order valence-electron chi connectivity index (χ2n) is 11.8. The normalized spacial score (nSPS) is 47.2. The number of fused-ring (bicyclic) bond motifs is 5. The first-order valence-corrected chi connectivity index (χ1v) is 12.9. The van der Waals surface area contributed by atoms with Crippen LogP contribution in [0.4, 0.5) is 0 Å². The van der Waals surface area contributed by atoms with Crippen molar-refractivity contribution in [3.63, 3.8) is 0 Å². The van der Waals surface area contributed by atoms with E-state index in [9.17, 15) is 4.79 Å². The van der Waals surface area contributed by atoms with Crippen molar-refractivity contribution >= 4 is 5.78 Å². The summed E-state index contributed by atoms with van der Waals surface area (Å²) in [6.07, 6.45) is 8.05. The average Bonchev–Trinajstić information content (AvgIpc) is 3.10. The Morgan fingerprint density at radius 3 is 2.39 bits per heavy atom. The molecule has 3 unspecified atom stereocenters. The van der Waals surface area contributed by atoms with Crippen molar-refractivity contribution in [1.29, 1.82) is 0 Å². The highest BCUT2D eigenvalue weighted by Gasteiger charge is 2.66. The van der Waals surface area contributed by atoms with Crippen LogP contribution < -0.4 is 11.5 Å². The van der Waals surface area contributed by atoms with Gasteiger partial charge in [0.2, 0.25) is 0 Å². The molecule has 5 heteroatoms. The van der Waals surface area contributed by atoms with E-state index in [1.165, 1.54) is 12.8 Å². The first kappa shape index (κ1) is 23.7. The minimum Gasteiger partial charge on any atom is -0.377 e. The van der Waals surface area contributed by atoms with Gasteiger partial charge >= 0.3 is 0 Å². The second kappa shape index (κ2) is 9.04. The lowest BCUT2D eigenvalue weighted by Crippen LogP contribution is -2.61. The van der Waals surface area contributed by atoms with Crippen LogP contribution in [0.3, 0.4) is 0 Å².